The van der Waals surface area contributed by atoms with E-state index in [0.717, 1.165) is 12.8 Å². The van der Waals surface area contributed by atoms with E-state index in [0.29, 0.717) is 11.8 Å². The number of esters is 1. The van der Waals surface area contributed by atoms with Crippen molar-refractivity contribution in [1.29, 1.82) is 0 Å². The smallest absolute Gasteiger partial charge is 0.321 e. The number of ether oxygens (including phenoxy) is 1. The number of fused-ring (bicyclic) bond motifs is 1. The van der Waals surface area contributed by atoms with E-state index in [-0.39, 0.29) is 18.0 Å². The Bertz CT molecular complexity index is 225. The summed E-state index contributed by atoms with van der Waals surface area (Å²) in [6.07, 6.45) is 6.57. The maximum Gasteiger partial charge on any atom is 0.321 e. The van der Waals surface area contributed by atoms with Gasteiger partial charge in [0, 0.05) is 5.92 Å². The average molecular weight is 187 g/mol. The van der Waals surface area contributed by atoms with Gasteiger partial charge >= 0.3 is 5.97 Å². The van der Waals surface area contributed by atoms with Crippen LogP contribution in [0.25, 0.3) is 0 Å². The number of rotatable bonds is 2. The second-order valence-electron chi connectivity index (χ2n) is 3.39. The van der Waals surface area contributed by atoms with Crippen LogP contribution in [0.3, 0.4) is 0 Å². The fourth-order valence-corrected chi connectivity index (χ4v) is 2.05. The highest BCUT2D eigenvalue weighted by molar-refractivity contribution is 6.26. The van der Waals surface area contributed by atoms with Crippen molar-refractivity contribution in [2.75, 3.05) is 5.88 Å². The molecule has 2 aliphatic rings. The molecule has 0 aromatic rings. The molecule has 0 saturated heterocycles. The van der Waals surface area contributed by atoms with Crippen molar-refractivity contribution in [1.82, 2.24) is 0 Å². The van der Waals surface area contributed by atoms with Crippen molar-refractivity contribution < 1.29 is 9.53 Å². The van der Waals surface area contributed by atoms with Gasteiger partial charge in [-0.25, -0.2) is 0 Å². The molecule has 0 unspecified atom stereocenters. The summed E-state index contributed by atoms with van der Waals surface area (Å²) in [6.45, 7) is 0. The lowest BCUT2D eigenvalue weighted by molar-refractivity contribution is -0.157. The fraction of sp³-hybridized carbons (Fsp3) is 0.667. The van der Waals surface area contributed by atoms with Crippen LogP contribution in [-0.2, 0) is 9.53 Å². The van der Waals surface area contributed by atoms with Crippen molar-refractivity contribution in [3.63, 3.8) is 0 Å². The van der Waals surface area contributed by atoms with Crippen molar-refractivity contribution in [2.24, 2.45) is 11.8 Å². The summed E-state index contributed by atoms with van der Waals surface area (Å²) in [6, 6.07) is 0. The number of hydrogen-bond donors (Lipinski definition) is 0. The zero-order valence-corrected chi connectivity index (χ0v) is 7.46. The second-order valence-corrected chi connectivity index (χ2v) is 3.66. The molecule has 1 saturated carbocycles. The minimum Gasteiger partial charge on any atom is -0.461 e. The molecule has 3 heteroatoms. The molecule has 0 aromatic carbocycles. The van der Waals surface area contributed by atoms with Gasteiger partial charge in [0.1, 0.15) is 12.0 Å². The molecule has 0 aliphatic heterocycles. The van der Waals surface area contributed by atoms with Gasteiger partial charge < -0.3 is 4.74 Å². The minimum atomic E-state index is -0.285. The summed E-state index contributed by atoms with van der Waals surface area (Å²) in [4.78, 5) is 10.8. The van der Waals surface area contributed by atoms with Crippen LogP contribution < -0.4 is 0 Å². The Morgan fingerprint density at radius 2 is 2.50 bits per heavy atom. The molecule has 66 valence electrons. The lowest BCUT2D eigenvalue weighted by atomic mass is 9.73. The summed E-state index contributed by atoms with van der Waals surface area (Å²) in [5.41, 5.74) is 0. The Morgan fingerprint density at radius 1 is 1.67 bits per heavy atom. The molecule has 0 bridgehead atoms. The Kier molecular flexibility index (Phi) is 2.09. The summed E-state index contributed by atoms with van der Waals surface area (Å²) in [5.74, 6) is 0.906. The first-order valence-corrected chi connectivity index (χ1v) is 4.77. The number of allylic oxidation sites excluding steroid dienone is 2. The quantitative estimate of drug-likeness (QED) is 0.373. The molecule has 3 atom stereocenters. The van der Waals surface area contributed by atoms with Crippen LogP contribution in [0.1, 0.15) is 12.8 Å². The molecule has 0 aromatic heterocycles. The fourth-order valence-electron chi connectivity index (χ4n) is 1.99. The molecular formula is C9H11ClO2. The highest BCUT2D eigenvalue weighted by Crippen LogP contribution is 2.44. The second kappa shape index (κ2) is 3.09. The average Bonchev–Trinajstić information content (AvgIpc) is 2.42. The van der Waals surface area contributed by atoms with Gasteiger partial charge in [0.2, 0.25) is 0 Å². The Morgan fingerprint density at radius 3 is 3.17 bits per heavy atom. The van der Waals surface area contributed by atoms with Gasteiger partial charge in [0.05, 0.1) is 0 Å². The van der Waals surface area contributed by atoms with E-state index in [2.05, 4.69) is 12.2 Å². The standard InChI is InChI=1S/C9H11ClO2/c10-5-9(11)12-8-4-6-2-1-3-7(6)8/h1-2,6-8H,3-5H2/t6-,7-,8+/m1/s1. The number of halogens is 1. The summed E-state index contributed by atoms with van der Waals surface area (Å²) < 4.78 is 5.14. The van der Waals surface area contributed by atoms with E-state index in [1.807, 2.05) is 0 Å². The third-order valence-corrected chi connectivity index (χ3v) is 2.93. The molecule has 0 radical (unpaired) electrons. The van der Waals surface area contributed by atoms with Crippen LogP contribution in [0, 0.1) is 11.8 Å². The summed E-state index contributed by atoms with van der Waals surface area (Å²) >= 11 is 5.33. The molecule has 0 amide bonds. The lowest BCUT2D eigenvalue weighted by Crippen LogP contribution is -2.41. The molecule has 0 spiro atoms. The first-order valence-electron chi connectivity index (χ1n) is 4.23. The van der Waals surface area contributed by atoms with Gasteiger partial charge in [-0.1, -0.05) is 12.2 Å². The van der Waals surface area contributed by atoms with E-state index >= 15 is 0 Å². The first kappa shape index (κ1) is 8.11. The molecular weight excluding hydrogens is 176 g/mol. The molecule has 1 fully saturated rings. The van der Waals surface area contributed by atoms with Crippen LogP contribution >= 0.6 is 11.6 Å². The number of hydrogen-bond acceptors (Lipinski definition) is 2. The molecule has 0 heterocycles. The highest BCUT2D eigenvalue weighted by atomic mass is 35.5. The number of alkyl halides is 1. The van der Waals surface area contributed by atoms with Gasteiger partial charge in [-0.2, -0.15) is 0 Å². The van der Waals surface area contributed by atoms with Crippen molar-refractivity contribution in [3.05, 3.63) is 12.2 Å². The van der Waals surface area contributed by atoms with Gasteiger partial charge in [-0.05, 0) is 18.8 Å². The molecule has 2 rings (SSSR count). The van der Waals surface area contributed by atoms with Gasteiger partial charge in [-0.3, -0.25) is 4.79 Å². The summed E-state index contributed by atoms with van der Waals surface area (Å²) in [7, 11) is 0. The van der Waals surface area contributed by atoms with Crippen LogP contribution in [0.15, 0.2) is 12.2 Å². The van der Waals surface area contributed by atoms with Crippen LogP contribution in [0.4, 0.5) is 0 Å². The topological polar surface area (TPSA) is 26.3 Å². The maximum atomic E-state index is 10.8. The predicted molar refractivity (Wildman–Crippen MR) is 46.0 cm³/mol. The number of carbonyl (C=O) groups excluding carboxylic acids is 1. The van der Waals surface area contributed by atoms with E-state index in [1.165, 1.54) is 0 Å². The van der Waals surface area contributed by atoms with E-state index in [9.17, 15) is 4.79 Å². The van der Waals surface area contributed by atoms with Crippen LogP contribution in [0.5, 0.6) is 0 Å². The SMILES string of the molecule is O=C(CCl)O[C@H]1C[C@H]2C=CC[C@H]21. The maximum absolute atomic E-state index is 10.8. The van der Waals surface area contributed by atoms with Gasteiger partial charge in [-0.15, -0.1) is 11.6 Å². The Hall–Kier alpha value is -0.500. The van der Waals surface area contributed by atoms with Crippen molar-refractivity contribution in [2.45, 2.75) is 18.9 Å². The van der Waals surface area contributed by atoms with Crippen LogP contribution in [-0.4, -0.2) is 18.0 Å². The van der Waals surface area contributed by atoms with E-state index < -0.39 is 0 Å². The Balaban J connectivity index is 1.82. The normalized spacial score (nSPS) is 37.2. The van der Waals surface area contributed by atoms with Crippen molar-refractivity contribution >= 4 is 17.6 Å². The van der Waals surface area contributed by atoms with Crippen LogP contribution in [0.2, 0.25) is 0 Å². The molecule has 0 N–H and O–H groups in total. The first-order chi connectivity index (χ1) is 5.81. The molecule has 2 aliphatic carbocycles. The number of carbonyl (C=O) groups is 1. The van der Waals surface area contributed by atoms with E-state index in [4.69, 9.17) is 16.3 Å². The molecule has 2 nitrogen and oxygen atoms in total. The highest BCUT2D eigenvalue weighted by Gasteiger charge is 2.43. The van der Waals surface area contributed by atoms with Gasteiger partial charge in [0.15, 0.2) is 0 Å². The largest absolute Gasteiger partial charge is 0.461 e. The zero-order chi connectivity index (χ0) is 8.55. The van der Waals surface area contributed by atoms with Gasteiger partial charge in [0.25, 0.3) is 0 Å². The third-order valence-electron chi connectivity index (χ3n) is 2.72. The molecule has 12 heavy (non-hydrogen) atoms. The monoisotopic (exact) mass is 186 g/mol. The third kappa shape index (κ3) is 1.24. The Labute approximate surface area is 76.5 Å². The lowest BCUT2D eigenvalue weighted by Gasteiger charge is -2.39. The van der Waals surface area contributed by atoms with E-state index in [1.54, 1.807) is 0 Å². The minimum absolute atomic E-state index is 0.0265. The summed E-state index contributed by atoms with van der Waals surface area (Å²) in [5, 5.41) is 0. The zero-order valence-electron chi connectivity index (χ0n) is 6.70. The van der Waals surface area contributed by atoms with Crippen molar-refractivity contribution in [3.8, 4) is 0 Å². The predicted octanol–water partition coefficient (Wildman–Crippen LogP) is 1.73.